The molecule has 1 atom stereocenters. The van der Waals surface area contributed by atoms with Crippen LogP contribution < -0.4 is 4.90 Å². The minimum atomic E-state index is -0.0842. The maximum Gasteiger partial charge on any atom is 0.146 e. The van der Waals surface area contributed by atoms with Gasteiger partial charge >= 0.3 is 0 Å². The third-order valence-corrected chi connectivity index (χ3v) is 2.93. The maximum atomic E-state index is 13.6. The predicted molar refractivity (Wildman–Crippen MR) is 57.1 cm³/mol. The van der Waals surface area contributed by atoms with Crippen molar-refractivity contribution in [2.24, 2.45) is 5.92 Å². The highest BCUT2D eigenvalue weighted by molar-refractivity contribution is 5.54. The fourth-order valence-electron chi connectivity index (χ4n) is 2.16. The van der Waals surface area contributed by atoms with Crippen molar-refractivity contribution in [2.45, 2.75) is 20.3 Å². The quantitative estimate of drug-likeness (QED) is 0.662. The van der Waals surface area contributed by atoms with E-state index in [9.17, 15) is 4.39 Å². The molecule has 1 unspecified atom stereocenters. The molecule has 0 N–H and O–H groups in total. The van der Waals surface area contributed by atoms with E-state index in [0.717, 1.165) is 24.3 Å². The van der Waals surface area contributed by atoms with Crippen LogP contribution in [-0.2, 0) is 0 Å². The number of anilines is 1. The molecule has 1 aliphatic heterocycles. The van der Waals surface area contributed by atoms with Crippen LogP contribution >= 0.6 is 0 Å². The normalized spacial score (nSPS) is 21.6. The number of benzene rings is 1. The zero-order valence-electron chi connectivity index (χ0n) is 8.76. The van der Waals surface area contributed by atoms with E-state index in [1.807, 2.05) is 13.0 Å². The number of rotatable bonds is 1. The Hall–Kier alpha value is -1.05. The van der Waals surface area contributed by atoms with Crippen LogP contribution in [0.25, 0.3) is 0 Å². The van der Waals surface area contributed by atoms with Crippen LogP contribution in [0.3, 0.4) is 0 Å². The van der Waals surface area contributed by atoms with Crippen LogP contribution in [0.5, 0.6) is 0 Å². The molecule has 0 bridgehead atoms. The van der Waals surface area contributed by atoms with Crippen molar-refractivity contribution in [1.29, 1.82) is 0 Å². The molecule has 0 amide bonds. The van der Waals surface area contributed by atoms with E-state index in [2.05, 4.69) is 11.8 Å². The van der Waals surface area contributed by atoms with E-state index in [4.69, 9.17) is 0 Å². The molecule has 1 aliphatic rings. The van der Waals surface area contributed by atoms with Gasteiger partial charge in [-0.15, -0.1) is 0 Å². The van der Waals surface area contributed by atoms with E-state index in [1.165, 1.54) is 6.42 Å². The molecule has 0 radical (unpaired) electrons. The van der Waals surface area contributed by atoms with Crippen LogP contribution in [0.1, 0.15) is 18.9 Å². The summed E-state index contributed by atoms with van der Waals surface area (Å²) in [5, 5.41) is 0. The summed E-state index contributed by atoms with van der Waals surface area (Å²) < 4.78 is 13.6. The molecule has 2 rings (SSSR count). The van der Waals surface area contributed by atoms with Gasteiger partial charge in [-0.25, -0.2) is 4.39 Å². The molecule has 0 aromatic heterocycles. The highest BCUT2D eigenvalue weighted by Gasteiger charge is 2.22. The van der Waals surface area contributed by atoms with Gasteiger partial charge in [0.05, 0.1) is 5.69 Å². The van der Waals surface area contributed by atoms with Crippen LogP contribution in [0.2, 0.25) is 0 Å². The number of nitrogens with zero attached hydrogens (tertiary/aromatic N) is 1. The average molecular weight is 193 g/mol. The van der Waals surface area contributed by atoms with Gasteiger partial charge in [0.1, 0.15) is 5.82 Å². The first-order valence-electron chi connectivity index (χ1n) is 5.18. The summed E-state index contributed by atoms with van der Waals surface area (Å²) in [5.41, 5.74) is 1.84. The van der Waals surface area contributed by atoms with Crippen molar-refractivity contribution in [3.63, 3.8) is 0 Å². The maximum absolute atomic E-state index is 13.6. The standard InChI is InChI=1S/C12H16FN/c1-9-6-7-14(8-9)12-10(2)4-3-5-11(12)13/h3-5,9H,6-8H2,1-2H3. The lowest BCUT2D eigenvalue weighted by Crippen LogP contribution is -2.21. The van der Waals surface area contributed by atoms with E-state index in [-0.39, 0.29) is 5.82 Å². The van der Waals surface area contributed by atoms with Crippen LogP contribution in [0, 0.1) is 18.7 Å². The molecule has 1 fully saturated rings. The van der Waals surface area contributed by atoms with Crippen LogP contribution in [0.4, 0.5) is 10.1 Å². The van der Waals surface area contributed by atoms with Gasteiger partial charge in [-0.3, -0.25) is 0 Å². The second kappa shape index (κ2) is 3.60. The van der Waals surface area contributed by atoms with Crippen LogP contribution in [0.15, 0.2) is 18.2 Å². The summed E-state index contributed by atoms with van der Waals surface area (Å²) in [6.45, 7) is 6.17. The van der Waals surface area contributed by atoms with Crippen molar-refractivity contribution < 1.29 is 4.39 Å². The van der Waals surface area contributed by atoms with Gasteiger partial charge in [0, 0.05) is 13.1 Å². The zero-order chi connectivity index (χ0) is 10.1. The van der Waals surface area contributed by atoms with Gasteiger partial charge in [0.15, 0.2) is 0 Å². The molecular weight excluding hydrogens is 177 g/mol. The molecule has 1 aromatic carbocycles. The lowest BCUT2D eigenvalue weighted by atomic mass is 10.1. The summed E-state index contributed by atoms with van der Waals surface area (Å²) in [7, 11) is 0. The number of hydrogen-bond donors (Lipinski definition) is 0. The van der Waals surface area contributed by atoms with Crippen molar-refractivity contribution >= 4 is 5.69 Å². The largest absolute Gasteiger partial charge is 0.369 e. The first-order chi connectivity index (χ1) is 6.68. The summed E-state index contributed by atoms with van der Waals surface area (Å²) in [6.07, 6.45) is 1.17. The Morgan fingerprint density at radius 2 is 2.21 bits per heavy atom. The van der Waals surface area contributed by atoms with Crippen molar-refractivity contribution in [3.05, 3.63) is 29.6 Å². The highest BCUT2D eigenvalue weighted by atomic mass is 19.1. The number of hydrogen-bond acceptors (Lipinski definition) is 1. The Balaban J connectivity index is 2.31. The van der Waals surface area contributed by atoms with Gasteiger partial charge in [-0.05, 0) is 30.9 Å². The molecule has 1 saturated heterocycles. The van der Waals surface area contributed by atoms with Gasteiger partial charge < -0.3 is 4.90 Å². The Bertz CT molecular complexity index is 315. The summed E-state index contributed by atoms with van der Waals surface area (Å²) in [5.74, 6) is 0.605. The monoisotopic (exact) mass is 193 g/mol. The average Bonchev–Trinajstić information content (AvgIpc) is 2.51. The summed E-state index contributed by atoms with van der Waals surface area (Å²) in [4.78, 5) is 2.16. The smallest absolute Gasteiger partial charge is 0.146 e. The lowest BCUT2D eigenvalue weighted by Gasteiger charge is -2.21. The minimum absolute atomic E-state index is 0.0842. The summed E-state index contributed by atoms with van der Waals surface area (Å²) >= 11 is 0. The molecule has 0 spiro atoms. The van der Waals surface area contributed by atoms with E-state index >= 15 is 0 Å². The topological polar surface area (TPSA) is 3.24 Å². The molecule has 0 saturated carbocycles. The second-order valence-corrected chi connectivity index (χ2v) is 4.25. The molecule has 2 heteroatoms. The third-order valence-electron chi connectivity index (χ3n) is 2.93. The zero-order valence-corrected chi connectivity index (χ0v) is 8.76. The van der Waals surface area contributed by atoms with Gasteiger partial charge in [0.2, 0.25) is 0 Å². The molecular formula is C12H16FN. The van der Waals surface area contributed by atoms with Crippen LogP contribution in [-0.4, -0.2) is 13.1 Å². The SMILES string of the molecule is Cc1cccc(F)c1N1CCC(C)C1. The number of aryl methyl sites for hydroxylation is 1. The Morgan fingerprint density at radius 3 is 2.79 bits per heavy atom. The first kappa shape index (κ1) is 9.50. The summed E-state index contributed by atoms with van der Waals surface area (Å²) in [6, 6.07) is 5.29. The Morgan fingerprint density at radius 1 is 1.43 bits per heavy atom. The van der Waals surface area contributed by atoms with Gasteiger partial charge in [-0.1, -0.05) is 19.1 Å². The Kier molecular flexibility index (Phi) is 2.44. The number of para-hydroxylation sites is 1. The van der Waals surface area contributed by atoms with Crippen molar-refractivity contribution in [3.8, 4) is 0 Å². The van der Waals surface area contributed by atoms with Crippen molar-refractivity contribution in [1.82, 2.24) is 0 Å². The Labute approximate surface area is 84.5 Å². The third kappa shape index (κ3) is 1.61. The lowest BCUT2D eigenvalue weighted by molar-refractivity contribution is 0.618. The second-order valence-electron chi connectivity index (χ2n) is 4.25. The first-order valence-corrected chi connectivity index (χ1v) is 5.18. The minimum Gasteiger partial charge on any atom is -0.369 e. The molecule has 1 nitrogen and oxygen atoms in total. The van der Waals surface area contributed by atoms with E-state index < -0.39 is 0 Å². The van der Waals surface area contributed by atoms with Gasteiger partial charge in [0.25, 0.3) is 0 Å². The molecule has 0 aliphatic carbocycles. The molecule has 1 aromatic rings. The van der Waals surface area contributed by atoms with E-state index in [0.29, 0.717) is 5.92 Å². The molecule has 1 heterocycles. The fourth-order valence-corrected chi connectivity index (χ4v) is 2.16. The molecule has 76 valence electrons. The van der Waals surface area contributed by atoms with Gasteiger partial charge in [-0.2, -0.15) is 0 Å². The highest BCUT2D eigenvalue weighted by Crippen LogP contribution is 2.28. The van der Waals surface area contributed by atoms with E-state index in [1.54, 1.807) is 12.1 Å². The number of halogens is 1. The van der Waals surface area contributed by atoms with Crippen molar-refractivity contribution in [2.75, 3.05) is 18.0 Å². The fraction of sp³-hybridized carbons (Fsp3) is 0.500. The molecule has 14 heavy (non-hydrogen) atoms. The predicted octanol–water partition coefficient (Wildman–Crippen LogP) is 2.98.